The summed E-state index contributed by atoms with van der Waals surface area (Å²) in [7, 11) is 0. The van der Waals surface area contributed by atoms with Crippen LogP contribution in [0.25, 0.3) is 28.4 Å². The summed E-state index contributed by atoms with van der Waals surface area (Å²) in [5.74, 6) is 1.64. The van der Waals surface area contributed by atoms with E-state index in [0.29, 0.717) is 17.5 Å². The second-order valence-corrected chi connectivity index (χ2v) is 7.23. The van der Waals surface area contributed by atoms with Crippen molar-refractivity contribution in [2.24, 2.45) is 0 Å². The maximum absolute atomic E-state index is 6.02. The van der Waals surface area contributed by atoms with Crippen LogP contribution in [0.5, 0.6) is 11.6 Å². The van der Waals surface area contributed by atoms with Crippen molar-refractivity contribution in [2.45, 2.75) is 13.8 Å². The van der Waals surface area contributed by atoms with Gasteiger partial charge < -0.3 is 9.15 Å². The van der Waals surface area contributed by atoms with Crippen molar-refractivity contribution in [3.63, 3.8) is 0 Å². The van der Waals surface area contributed by atoms with E-state index in [-0.39, 0.29) is 0 Å². The molecule has 31 heavy (non-hydrogen) atoms. The Bertz CT molecular complexity index is 1320. The Morgan fingerprint density at radius 1 is 0.871 bits per heavy atom. The van der Waals surface area contributed by atoms with Crippen LogP contribution in [-0.2, 0) is 0 Å². The predicted molar refractivity (Wildman–Crippen MR) is 118 cm³/mol. The molecule has 0 aliphatic carbocycles. The molecule has 0 unspecified atom stereocenters. The van der Waals surface area contributed by atoms with Gasteiger partial charge >= 0.3 is 0 Å². The number of ether oxygens (including phenoxy) is 1. The number of aryl methyl sites for hydroxylation is 2. The lowest BCUT2D eigenvalue weighted by atomic mass is 10.1. The first kappa shape index (κ1) is 18.8. The van der Waals surface area contributed by atoms with Crippen molar-refractivity contribution < 1.29 is 9.15 Å². The molecule has 5 aromatic rings. The molecule has 0 amide bonds. The number of hydrogen-bond acceptors (Lipinski definition) is 5. The maximum atomic E-state index is 6.02. The van der Waals surface area contributed by atoms with Gasteiger partial charge in [-0.05, 0) is 38.1 Å². The number of benzene rings is 2. The van der Waals surface area contributed by atoms with Gasteiger partial charge in [-0.15, -0.1) is 0 Å². The van der Waals surface area contributed by atoms with Crippen LogP contribution >= 0.6 is 0 Å². The average Bonchev–Trinajstić information content (AvgIpc) is 3.41. The van der Waals surface area contributed by atoms with Crippen LogP contribution in [0.2, 0.25) is 0 Å². The highest BCUT2D eigenvalue weighted by Gasteiger charge is 2.14. The highest BCUT2D eigenvalue weighted by atomic mass is 16.5. The van der Waals surface area contributed by atoms with Gasteiger partial charge in [0.1, 0.15) is 17.7 Å². The van der Waals surface area contributed by atoms with Crippen molar-refractivity contribution in [2.75, 3.05) is 0 Å². The highest BCUT2D eigenvalue weighted by molar-refractivity contribution is 5.66. The predicted octanol–water partition coefficient (Wildman–Crippen LogP) is 6.00. The van der Waals surface area contributed by atoms with Gasteiger partial charge in [0.2, 0.25) is 11.8 Å². The minimum atomic E-state index is 0.508. The molecule has 6 heteroatoms. The molecule has 152 valence electrons. The van der Waals surface area contributed by atoms with Crippen molar-refractivity contribution in [1.29, 1.82) is 0 Å². The lowest BCUT2D eigenvalue weighted by Crippen LogP contribution is -2.00. The topological polar surface area (TPSA) is 66.0 Å². The molecule has 0 N–H and O–H groups in total. The lowest BCUT2D eigenvalue weighted by Gasteiger charge is -2.10. The number of aromatic nitrogens is 4. The fourth-order valence-electron chi connectivity index (χ4n) is 3.45. The molecule has 0 saturated carbocycles. The Morgan fingerprint density at radius 3 is 2.45 bits per heavy atom. The van der Waals surface area contributed by atoms with E-state index in [1.807, 2.05) is 91.3 Å². The molecule has 0 spiro atoms. The summed E-state index contributed by atoms with van der Waals surface area (Å²) < 4.78 is 13.7. The Morgan fingerprint density at radius 2 is 1.71 bits per heavy atom. The average molecular weight is 408 g/mol. The minimum absolute atomic E-state index is 0.508. The molecule has 3 heterocycles. The van der Waals surface area contributed by atoms with Crippen molar-refractivity contribution in [1.82, 2.24) is 19.7 Å². The molecular formula is C25H20N4O2. The third kappa shape index (κ3) is 3.96. The molecular weight excluding hydrogens is 388 g/mol. The largest absolute Gasteiger partial charge is 0.444 e. The van der Waals surface area contributed by atoms with E-state index in [4.69, 9.17) is 14.1 Å². The quantitative estimate of drug-likeness (QED) is 0.357. The fraction of sp³-hybridized carbons (Fsp3) is 0.0800. The molecule has 6 nitrogen and oxygen atoms in total. The smallest absolute Gasteiger partial charge is 0.226 e. The van der Waals surface area contributed by atoms with Gasteiger partial charge in [-0.25, -0.2) is 14.6 Å². The summed E-state index contributed by atoms with van der Waals surface area (Å²) in [5, 5.41) is 4.61. The van der Waals surface area contributed by atoms with Gasteiger partial charge in [0.25, 0.3) is 0 Å². The lowest BCUT2D eigenvalue weighted by molar-refractivity contribution is 0.462. The monoisotopic (exact) mass is 408 g/mol. The van der Waals surface area contributed by atoms with E-state index in [0.717, 1.165) is 33.9 Å². The van der Waals surface area contributed by atoms with Gasteiger partial charge in [0, 0.05) is 35.2 Å². The van der Waals surface area contributed by atoms with Crippen LogP contribution in [0, 0.1) is 13.8 Å². The van der Waals surface area contributed by atoms with Crippen LogP contribution in [0.1, 0.15) is 11.4 Å². The van der Waals surface area contributed by atoms with Crippen LogP contribution in [0.3, 0.4) is 0 Å². The van der Waals surface area contributed by atoms with E-state index in [9.17, 15) is 0 Å². The van der Waals surface area contributed by atoms with Gasteiger partial charge in [-0.2, -0.15) is 5.10 Å². The van der Waals surface area contributed by atoms with E-state index < -0.39 is 0 Å². The van der Waals surface area contributed by atoms with Crippen molar-refractivity contribution in [3.8, 4) is 40.0 Å². The first-order chi connectivity index (χ1) is 15.2. The molecule has 0 radical (unpaired) electrons. The van der Waals surface area contributed by atoms with Crippen LogP contribution in [-0.4, -0.2) is 19.7 Å². The first-order valence-electron chi connectivity index (χ1n) is 9.95. The zero-order chi connectivity index (χ0) is 21.2. The minimum Gasteiger partial charge on any atom is -0.444 e. The Hall–Kier alpha value is -4.19. The number of nitrogens with zero attached hydrogens (tertiary/aromatic N) is 4. The second-order valence-electron chi connectivity index (χ2n) is 7.23. The molecule has 0 bridgehead atoms. The van der Waals surface area contributed by atoms with Crippen LogP contribution in [0.15, 0.2) is 89.7 Å². The van der Waals surface area contributed by atoms with Crippen molar-refractivity contribution >= 4 is 0 Å². The molecule has 2 aromatic carbocycles. The first-order valence-corrected chi connectivity index (χ1v) is 9.95. The molecule has 0 saturated heterocycles. The summed E-state index contributed by atoms with van der Waals surface area (Å²) in [4.78, 5) is 8.95. The zero-order valence-corrected chi connectivity index (χ0v) is 17.2. The summed E-state index contributed by atoms with van der Waals surface area (Å²) in [6.45, 7) is 3.99. The number of oxazole rings is 1. The number of rotatable bonds is 5. The fourth-order valence-corrected chi connectivity index (χ4v) is 3.45. The van der Waals surface area contributed by atoms with E-state index in [2.05, 4.69) is 10.1 Å². The molecule has 0 fully saturated rings. The van der Waals surface area contributed by atoms with Gasteiger partial charge in [-0.3, -0.25) is 0 Å². The Balaban J connectivity index is 1.59. The van der Waals surface area contributed by atoms with Crippen molar-refractivity contribution in [3.05, 3.63) is 96.6 Å². The SMILES string of the molecule is Cc1cc(C)n(-c2cc(Oc3ccccn3)cc(-c3nc(-c4ccccc4)co3)c2)n1. The summed E-state index contributed by atoms with van der Waals surface area (Å²) in [6, 6.07) is 23.3. The van der Waals surface area contributed by atoms with E-state index in [1.165, 1.54) is 0 Å². The second kappa shape index (κ2) is 7.91. The standard InChI is InChI=1S/C25H20N4O2/c1-17-12-18(2)29(28-17)21-13-20(14-22(15-21)31-24-10-6-7-11-26-24)25-27-23(16-30-25)19-8-4-3-5-9-19/h3-16H,1-2H3. The van der Waals surface area contributed by atoms with E-state index in [1.54, 1.807) is 12.5 Å². The molecule has 3 aromatic heterocycles. The van der Waals surface area contributed by atoms with Crippen LogP contribution in [0.4, 0.5) is 0 Å². The maximum Gasteiger partial charge on any atom is 0.226 e. The normalized spacial score (nSPS) is 10.9. The number of hydrogen-bond donors (Lipinski definition) is 0. The molecule has 0 aliphatic rings. The third-order valence-electron chi connectivity index (χ3n) is 4.83. The summed E-state index contributed by atoms with van der Waals surface area (Å²) in [6.07, 6.45) is 3.36. The molecule has 5 rings (SSSR count). The Kier molecular flexibility index (Phi) is 4.80. The zero-order valence-electron chi connectivity index (χ0n) is 17.2. The van der Waals surface area contributed by atoms with E-state index >= 15 is 0 Å². The number of pyridine rings is 1. The molecule has 0 aliphatic heterocycles. The third-order valence-corrected chi connectivity index (χ3v) is 4.83. The highest BCUT2D eigenvalue weighted by Crippen LogP contribution is 2.32. The summed E-state index contributed by atoms with van der Waals surface area (Å²) >= 11 is 0. The van der Waals surface area contributed by atoms with Crippen LogP contribution < -0.4 is 4.74 Å². The summed E-state index contributed by atoms with van der Waals surface area (Å²) in [5.41, 5.74) is 5.39. The Labute approximate surface area is 179 Å². The van der Waals surface area contributed by atoms with Gasteiger partial charge in [-0.1, -0.05) is 36.4 Å². The molecule has 0 atom stereocenters. The van der Waals surface area contributed by atoms with Gasteiger partial charge in [0.15, 0.2) is 0 Å². The van der Waals surface area contributed by atoms with Gasteiger partial charge in [0.05, 0.1) is 11.4 Å².